The van der Waals surface area contributed by atoms with E-state index in [1.54, 1.807) is 7.11 Å². The van der Waals surface area contributed by atoms with Crippen LogP contribution in [0, 0.1) is 5.41 Å². The highest BCUT2D eigenvalue weighted by molar-refractivity contribution is 7.89. The van der Waals surface area contributed by atoms with Crippen LogP contribution in [0.5, 0.6) is 0 Å². The van der Waals surface area contributed by atoms with E-state index in [9.17, 15) is 8.42 Å². The fourth-order valence-corrected chi connectivity index (χ4v) is 2.95. The number of ether oxygens (including phenoxy) is 1. The molecule has 2 N–H and O–H groups in total. The van der Waals surface area contributed by atoms with Gasteiger partial charge in [-0.15, -0.1) is 0 Å². The summed E-state index contributed by atoms with van der Waals surface area (Å²) in [4.78, 5) is 4.29. The van der Waals surface area contributed by atoms with Gasteiger partial charge in [0.2, 0.25) is 10.0 Å². The third-order valence-corrected chi connectivity index (χ3v) is 4.52. The third-order valence-electron chi connectivity index (χ3n) is 3.12. The summed E-state index contributed by atoms with van der Waals surface area (Å²) in [6.07, 6.45) is 2.27. The summed E-state index contributed by atoms with van der Waals surface area (Å²) in [5.74, 6) is 0.555. The molecule has 1 heterocycles. The first-order chi connectivity index (χ1) is 9.80. The lowest BCUT2D eigenvalue weighted by atomic mass is 9.90. The van der Waals surface area contributed by atoms with Crippen LogP contribution < -0.4 is 10.0 Å². The smallest absolute Gasteiger partial charge is 0.240 e. The minimum atomic E-state index is -3.53. The van der Waals surface area contributed by atoms with Gasteiger partial charge in [-0.25, -0.2) is 18.1 Å². The number of rotatable bonds is 9. The highest BCUT2D eigenvalue weighted by atomic mass is 32.2. The molecule has 7 heteroatoms. The second kappa shape index (κ2) is 7.72. The maximum absolute atomic E-state index is 12.3. The van der Waals surface area contributed by atoms with Crippen LogP contribution in [0.1, 0.15) is 27.2 Å². The molecule has 0 fully saturated rings. The van der Waals surface area contributed by atoms with Crippen molar-refractivity contribution in [2.45, 2.75) is 32.1 Å². The molecule has 0 spiro atoms. The number of hydrogen-bond acceptors (Lipinski definition) is 5. The zero-order valence-electron chi connectivity index (χ0n) is 13.1. The highest BCUT2D eigenvalue weighted by Gasteiger charge is 2.22. The van der Waals surface area contributed by atoms with Crippen molar-refractivity contribution in [3.8, 4) is 0 Å². The number of nitrogens with one attached hydrogen (secondary N) is 2. The Morgan fingerprint density at radius 1 is 1.38 bits per heavy atom. The number of methoxy groups -OCH3 is 1. The fraction of sp³-hybridized carbons (Fsp3) is 0.643. The molecule has 1 aromatic rings. The van der Waals surface area contributed by atoms with Gasteiger partial charge in [0.15, 0.2) is 0 Å². The normalized spacial score (nSPS) is 12.4. The zero-order valence-corrected chi connectivity index (χ0v) is 14.0. The van der Waals surface area contributed by atoms with Crippen LogP contribution in [0.3, 0.4) is 0 Å². The van der Waals surface area contributed by atoms with E-state index in [2.05, 4.69) is 15.0 Å². The maximum atomic E-state index is 12.3. The van der Waals surface area contributed by atoms with Gasteiger partial charge in [-0.3, -0.25) is 0 Å². The van der Waals surface area contributed by atoms with Gasteiger partial charge in [-0.2, -0.15) is 0 Å². The Morgan fingerprint density at radius 3 is 2.71 bits per heavy atom. The Kier molecular flexibility index (Phi) is 6.57. The SMILES string of the molecule is CCNc1cc(S(=O)(=O)NCC(C)(C)CCOC)ccn1. The molecule has 0 saturated heterocycles. The summed E-state index contributed by atoms with van der Waals surface area (Å²) in [6.45, 7) is 7.59. The molecule has 0 aromatic carbocycles. The minimum absolute atomic E-state index is 0.166. The van der Waals surface area contributed by atoms with E-state index in [4.69, 9.17) is 4.74 Å². The summed E-state index contributed by atoms with van der Waals surface area (Å²) in [5.41, 5.74) is -0.166. The molecule has 0 atom stereocenters. The van der Waals surface area contributed by atoms with Crippen LogP contribution in [0.2, 0.25) is 0 Å². The third kappa shape index (κ3) is 5.99. The molecule has 120 valence electrons. The molecule has 0 unspecified atom stereocenters. The Bertz CT molecular complexity index is 544. The second-order valence-corrected chi connectivity index (χ2v) is 7.41. The number of nitrogens with zero attached hydrogens (tertiary/aromatic N) is 1. The van der Waals surface area contributed by atoms with E-state index in [0.29, 0.717) is 25.5 Å². The molecule has 0 amide bonds. The second-order valence-electron chi connectivity index (χ2n) is 5.64. The molecule has 0 radical (unpaired) electrons. The molecule has 6 nitrogen and oxygen atoms in total. The molecular weight excluding hydrogens is 290 g/mol. The Labute approximate surface area is 127 Å². The summed E-state index contributed by atoms with van der Waals surface area (Å²) < 4.78 is 32.3. The first-order valence-corrected chi connectivity index (χ1v) is 8.47. The van der Waals surface area contributed by atoms with Crippen molar-refractivity contribution in [1.82, 2.24) is 9.71 Å². The molecule has 0 saturated carbocycles. The van der Waals surface area contributed by atoms with Crippen LogP contribution >= 0.6 is 0 Å². The van der Waals surface area contributed by atoms with E-state index in [0.717, 1.165) is 6.42 Å². The van der Waals surface area contributed by atoms with Crippen molar-refractivity contribution in [2.24, 2.45) is 5.41 Å². The number of hydrogen-bond donors (Lipinski definition) is 2. The van der Waals surface area contributed by atoms with Crippen LogP contribution in [0.25, 0.3) is 0 Å². The largest absolute Gasteiger partial charge is 0.385 e. The van der Waals surface area contributed by atoms with Crippen LogP contribution in [0.4, 0.5) is 5.82 Å². The van der Waals surface area contributed by atoms with E-state index in [-0.39, 0.29) is 10.3 Å². The van der Waals surface area contributed by atoms with Gasteiger partial charge >= 0.3 is 0 Å². The number of pyridine rings is 1. The quantitative estimate of drug-likeness (QED) is 0.727. The lowest BCUT2D eigenvalue weighted by molar-refractivity contribution is 0.153. The van der Waals surface area contributed by atoms with Gasteiger partial charge in [0, 0.05) is 39.1 Å². The standard InChI is InChI=1S/C14H25N3O3S/c1-5-15-13-10-12(6-8-16-13)21(18,19)17-11-14(2,3)7-9-20-4/h6,8,10,17H,5,7,9,11H2,1-4H3,(H,15,16). The predicted molar refractivity (Wildman–Crippen MR) is 83.9 cm³/mol. The molecule has 0 aliphatic carbocycles. The van der Waals surface area contributed by atoms with Gasteiger partial charge in [0.05, 0.1) is 4.90 Å². The molecule has 0 bridgehead atoms. The topological polar surface area (TPSA) is 80.3 Å². The molecule has 1 rings (SSSR count). The summed E-state index contributed by atoms with van der Waals surface area (Å²) in [7, 11) is -1.89. The van der Waals surface area contributed by atoms with Crippen LogP contribution in [0.15, 0.2) is 23.2 Å². The monoisotopic (exact) mass is 315 g/mol. The molecule has 21 heavy (non-hydrogen) atoms. The lowest BCUT2D eigenvalue weighted by Gasteiger charge is -2.24. The first kappa shape index (κ1) is 17.9. The number of anilines is 1. The van der Waals surface area contributed by atoms with Crippen LogP contribution in [-0.2, 0) is 14.8 Å². The Balaban J connectivity index is 2.75. The number of aromatic nitrogens is 1. The highest BCUT2D eigenvalue weighted by Crippen LogP contribution is 2.20. The summed E-state index contributed by atoms with van der Waals surface area (Å²) in [6, 6.07) is 3.03. The Morgan fingerprint density at radius 2 is 2.10 bits per heavy atom. The summed E-state index contributed by atoms with van der Waals surface area (Å²) in [5, 5.41) is 3.00. The van der Waals surface area contributed by atoms with E-state index in [1.807, 2.05) is 20.8 Å². The van der Waals surface area contributed by atoms with Crippen molar-refractivity contribution < 1.29 is 13.2 Å². The van der Waals surface area contributed by atoms with Gasteiger partial charge < -0.3 is 10.1 Å². The van der Waals surface area contributed by atoms with Crippen molar-refractivity contribution in [1.29, 1.82) is 0 Å². The van der Waals surface area contributed by atoms with Crippen molar-refractivity contribution in [3.63, 3.8) is 0 Å². The predicted octanol–water partition coefficient (Wildman–Crippen LogP) is 1.85. The zero-order chi connectivity index (χ0) is 15.9. The van der Waals surface area contributed by atoms with Gasteiger partial charge in [0.1, 0.15) is 5.82 Å². The fourth-order valence-electron chi connectivity index (χ4n) is 1.70. The van der Waals surface area contributed by atoms with Crippen molar-refractivity contribution >= 4 is 15.8 Å². The Hall–Kier alpha value is -1.18. The molecule has 0 aliphatic rings. The molecular formula is C14H25N3O3S. The minimum Gasteiger partial charge on any atom is -0.385 e. The van der Waals surface area contributed by atoms with Gasteiger partial charge in [-0.1, -0.05) is 13.8 Å². The van der Waals surface area contributed by atoms with Gasteiger partial charge in [0.25, 0.3) is 0 Å². The summed E-state index contributed by atoms with van der Waals surface area (Å²) >= 11 is 0. The van der Waals surface area contributed by atoms with Gasteiger partial charge in [-0.05, 0) is 24.8 Å². The molecule has 0 aliphatic heterocycles. The molecule has 1 aromatic heterocycles. The average Bonchev–Trinajstić information content (AvgIpc) is 2.44. The van der Waals surface area contributed by atoms with Crippen molar-refractivity contribution in [3.05, 3.63) is 18.3 Å². The van der Waals surface area contributed by atoms with E-state index < -0.39 is 10.0 Å². The first-order valence-electron chi connectivity index (χ1n) is 6.99. The van der Waals surface area contributed by atoms with E-state index in [1.165, 1.54) is 18.3 Å². The maximum Gasteiger partial charge on any atom is 0.240 e. The lowest BCUT2D eigenvalue weighted by Crippen LogP contribution is -2.34. The number of sulfonamides is 1. The van der Waals surface area contributed by atoms with Crippen LogP contribution in [-0.4, -0.2) is 40.2 Å². The average molecular weight is 315 g/mol. The van der Waals surface area contributed by atoms with E-state index >= 15 is 0 Å². The van der Waals surface area contributed by atoms with Crippen molar-refractivity contribution in [2.75, 3.05) is 32.1 Å².